The van der Waals surface area contributed by atoms with E-state index in [1.54, 1.807) is 14.2 Å². The molecule has 0 bridgehead atoms. The molecule has 1 aromatic heterocycles. The molecule has 4 aromatic rings. The van der Waals surface area contributed by atoms with Gasteiger partial charge in [0.15, 0.2) is 12.4 Å². The van der Waals surface area contributed by atoms with Gasteiger partial charge in [-0.25, -0.2) is 9.18 Å². The van der Waals surface area contributed by atoms with Gasteiger partial charge in [0, 0.05) is 12.3 Å². The van der Waals surface area contributed by atoms with Gasteiger partial charge in [0.05, 0.1) is 20.8 Å². The highest BCUT2D eigenvalue weighted by atomic mass is 19.1. The summed E-state index contributed by atoms with van der Waals surface area (Å²) < 4.78 is 39.4. The maximum atomic E-state index is 15.2. The molecule has 1 aliphatic rings. The van der Waals surface area contributed by atoms with Gasteiger partial charge in [0.1, 0.15) is 29.3 Å². The lowest BCUT2D eigenvalue weighted by Gasteiger charge is -2.37. The number of hydrogen-bond donors (Lipinski definition) is 2. The van der Waals surface area contributed by atoms with Crippen LogP contribution < -0.4 is 20.7 Å². The molecule has 3 aromatic carbocycles. The van der Waals surface area contributed by atoms with E-state index in [4.69, 9.17) is 18.9 Å². The first-order valence-corrected chi connectivity index (χ1v) is 12.6. The smallest absolute Gasteiger partial charge is 0.330 e. The third kappa shape index (κ3) is 5.04. The lowest BCUT2D eigenvalue weighted by molar-refractivity contribution is -0.0950. The van der Waals surface area contributed by atoms with Crippen molar-refractivity contribution in [2.24, 2.45) is 0 Å². The van der Waals surface area contributed by atoms with Crippen molar-refractivity contribution < 1.29 is 28.4 Å². The summed E-state index contributed by atoms with van der Waals surface area (Å²) in [6.07, 6.45) is -4.97. The van der Waals surface area contributed by atoms with E-state index < -0.39 is 41.5 Å². The summed E-state index contributed by atoms with van der Waals surface area (Å²) in [7, 11) is 3.16. The first-order valence-electron chi connectivity index (χ1n) is 12.6. The molecule has 0 amide bonds. The molecule has 4 atom stereocenters. The van der Waals surface area contributed by atoms with Crippen molar-refractivity contribution >= 4 is 0 Å². The minimum absolute atomic E-state index is 0.233. The zero-order valence-electron chi connectivity index (χ0n) is 21.9. The van der Waals surface area contributed by atoms with Gasteiger partial charge in [0.2, 0.25) is 0 Å². The van der Waals surface area contributed by atoms with E-state index in [1.165, 1.54) is 0 Å². The van der Waals surface area contributed by atoms with Crippen molar-refractivity contribution in [1.29, 1.82) is 0 Å². The number of methoxy groups -OCH3 is 2. The molecule has 1 saturated heterocycles. The van der Waals surface area contributed by atoms with Crippen LogP contribution in [0.3, 0.4) is 0 Å². The maximum absolute atomic E-state index is 15.2. The Balaban J connectivity index is 1.56. The number of H-pyrrole nitrogens is 1. The van der Waals surface area contributed by atoms with Crippen molar-refractivity contribution in [2.75, 3.05) is 20.8 Å². The number of aliphatic hydroxyl groups is 1. The third-order valence-corrected chi connectivity index (χ3v) is 7.06. The Bertz CT molecular complexity index is 1490. The van der Waals surface area contributed by atoms with Crippen molar-refractivity contribution in [1.82, 2.24) is 9.55 Å². The predicted molar refractivity (Wildman–Crippen MR) is 144 cm³/mol. The molecule has 2 heterocycles. The van der Waals surface area contributed by atoms with Crippen LogP contribution in [0.4, 0.5) is 4.39 Å². The number of benzene rings is 3. The number of aliphatic hydroxyl groups excluding tert-OH is 1. The third-order valence-electron chi connectivity index (χ3n) is 7.06. The highest BCUT2D eigenvalue weighted by Crippen LogP contribution is 2.43. The quantitative estimate of drug-likeness (QED) is 0.309. The predicted octanol–water partition coefficient (Wildman–Crippen LogP) is 3.16. The number of alkyl halides is 1. The highest BCUT2D eigenvalue weighted by molar-refractivity contribution is 5.49. The van der Waals surface area contributed by atoms with Crippen LogP contribution in [0.25, 0.3) is 0 Å². The standard InChI is InChI=1S/C30H29FN2O7/c1-37-22-12-8-20(9-13-22)30(19-6-4-3-5-7-19,21-10-14-23(38-2)15-11-21)39-18-24-27(35)26(31)28(40-24)33-17-16-25(34)32-29(33)36/h3-17,24,26-28,35H,18H2,1-2H3,(H,32,34,36)/t24?,26-,27?,28?/m0/s1. The molecular formula is C30H29FN2O7. The van der Waals surface area contributed by atoms with Gasteiger partial charge in [-0.1, -0.05) is 54.6 Å². The number of nitrogens with one attached hydrogen (secondary N) is 1. The highest BCUT2D eigenvalue weighted by Gasteiger charge is 2.47. The van der Waals surface area contributed by atoms with Crippen LogP contribution in [0.1, 0.15) is 22.9 Å². The van der Waals surface area contributed by atoms with Gasteiger partial charge >= 0.3 is 5.69 Å². The molecule has 0 spiro atoms. The van der Waals surface area contributed by atoms with Crippen molar-refractivity contribution in [3.8, 4) is 11.5 Å². The number of ether oxygens (including phenoxy) is 4. The summed E-state index contributed by atoms with van der Waals surface area (Å²) in [5, 5.41) is 10.8. The van der Waals surface area contributed by atoms with E-state index in [-0.39, 0.29) is 6.61 Å². The van der Waals surface area contributed by atoms with Gasteiger partial charge < -0.3 is 24.1 Å². The second-order valence-electron chi connectivity index (χ2n) is 9.33. The summed E-state index contributed by atoms with van der Waals surface area (Å²) in [6.45, 7) is -0.233. The van der Waals surface area contributed by atoms with Gasteiger partial charge in [-0.3, -0.25) is 14.3 Å². The molecule has 3 unspecified atom stereocenters. The summed E-state index contributed by atoms with van der Waals surface area (Å²) in [4.78, 5) is 25.8. The van der Waals surface area contributed by atoms with Gasteiger partial charge in [-0.2, -0.15) is 0 Å². The zero-order chi connectivity index (χ0) is 28.3. The minimum atomic E-state index is -1.94. The Morgan fingerprint density at radius 3 is 1.95 bits per heavy atom. The molecule has 208 valence electrons. The van der Waals surface area contributed by atoms with Crippen LogP contribution >= 0.6 is 0 Å². The summed E-state index contributed by atoms with van der Waals surface area (Å²) >= 11 is 0. The number of nitrogens with zero attached hydrogens (tertiary/aromatic N) is 1. The van der Waals surface area contributed by atoms with Gasteiger partial charge in [0.25, 0.3) is 5.56 Å². The minimum Gasteiger partial charge on any atom is -0.497 e. The Labute approximate surface area is 229 Å². The van der Waals surface area contributed by atoms with Crippen LogP contribution in [0.5, 0.6) is 11.5 Å². The largest absolute Gasteiger partial charge is 0.497 e. The monoisotopic (exact) mass is 548 g/mol. The average molecular weight is 549 g/mol. The Hall–Kier alpha value is -4.25. The molecule has 1 fully saturated rings. The van der Waals surface area contributed by atoms with E-state index in [0.717, 1.165) is 33.5 Å². The SMILES string of the molecule is COc1ccc(C(OCC2OC(n3ccc(=O)[nH]c3=O)[C@@H](F)C2O)(c2ccccc2)c2ccc(OC)cc2)cc1. The molecule has 0 radical (unpaired) electrons. The summed E-state index contributed by atoms with van der Waals surface area (Å²) in [5.41, 5.74) is -0.389. The Morgan fingerprint density at radius 1 is 0.875 bits per heavy atom. The topological polar surface area (TPSA) is 112 Å². The van der Waals surface area contributed by atoms with Gasteiger partial charge in [-0.05, 0) is 41.0 Å². The lowest BCUT2D eigenvalue weighted by atomic mass is 9.80. The first-order chi connectivity index (χ1) is 19.4. The first kappa shape index (κ1) is 27.3. The number of rotatable bonds is 9. The van der Waals surface area contributed by atoms with Gasteiger partial charge in [-0.15, -0.1) is 0 Å². The van der Waals surface area contributed by atoms with E-state index in [9.17, 15) is 14.7 Å². The second-order valence-corrected chi connectivity index (χ2v) is 9.33. The summed E-state index contributed by atoms with van der Waals surface area (Å²) in [5.74, 6) is 1.31. The van der Waals surface area contributed by atoms with Crippen molar-refractivity contribution in [3.63, 3.8) is 0 Å². The summed E-state index contributed by atoms with van der Waals surface area (Å²) in [6, 6.07) is 25.4. The second kappa shape index (κ2) is 11.5. The van der Waals surface area contributed by atoms with Crippen molar-refractivity contribution in [2.45, 2.75) is 30.2 Å². The van der Waals surface area contributed by atoms with Crippen molar-refractivity contribution in [3.05, 3.63) is 129 Å². The number of aromatic amines is 1. The lowest BCUT2D eigenvalue weighted by Crippen LogP contribution is -2.39. The fraction of sp³-hybridized carbons (Fsp3) is 0.267. The van der Waals surface area contributed by atoms with E-state index >= 15 is 4.39 Å². The van der Waals surface area contributed by atoms with E-state index in [2.05, 4.69) is 4.98 Å². The fourth-order valence-electron chi connectivity index (χ4n) is 4.97. The van der Waals surface area contributed by atoms with Crippen LogP contribution in [-0.2, 0) is 15.1 Å². The average Bonchev–Trinajstić information content (AvgIpc) is 3.27. The van der Waals surface area contributed by atoms with E-state index in [1.807, 2.05) is 78.9 Å². The van der Waals surface area contributed by atoms with Crippen LogP contribution in [0, 0.1) is 0 Å². The number of hydrogen-bond acceptors (Lipinski definition) is 7. The molecule has 1 aliphatic heterocycles. The molecule has 2 N–H and O–H groups in total. The molecule has 10 heteroatoms. The molecule has 40 heavy (non-hydrogen) atoms. The fourth-order valence-corrected chi connectivity index (χ4v) is 4.97. The van der Waals surface area contributed by atoms with Crippen LogP contribution in [0.2, 0.25) is 0 Å². The molecule has 9 nitrogen and oxygen atoms in total. The van der Waals surface area contributed by atoms with Crippen LogP contribution in [-0.4, -0.2) is 53.9 Å². The van der Waals surface area contributed by atoms with E-state index in [0.29, 0.717) is 11.5 Å². The number of aromatic nitrogens is 2. The van der Waals surface area contributed by atoms with Crippen LogP contribution in [0.15, 0.2) is 101 Å². The molecule has 0 aliphatic carbocycles. The molecule has 5 rings (SSSR count). The number of halogens is 1. The maximum Gasteiger partial charge on any atom is 0.330 e. The Morgan fingerprint density at radius 2 is 1.43 bits per heavy atom. The molecule has 0 saturated carbocycles. The molecular weight excluding hydrogens is 519 g/mol. The normalized spacial score (nSPS) is 20.8. The Kier molecular flexibility index (Phi) is 7.83. The zero-order valence-corrected chi connectivity index (χ0v) is 21.9.